The van der Waals surface area contributed by atoms with E-state index in [2.05, 4.69) is 21.2 Å². The van der Waals surface area contributed by atoms with E-state index in [0.29, 0.717) is 16.8 Å². The molecule has 23 heavy (non-hydrogen) atoms. The first-order valence-corrected chi connectivity index (χ1v) is 7.49. The molecule has 1 N–H and O–H groups in total. The third kappa shape index (κ3) is 3.09. The van der Waals surface area contributed by atoms with Gasteiger partial charge < -0.3 is 9.73 Å². The molecule has 2 aromatic carbocycles. The molecule has 0 aliphatic heterocycles. The molecule has 7 heteroatoms. The van der Waals surface area contributed by atoms with Crippen LogP contribution in [0.2, 0.25) is 0 Å². The summed E-state index contributed by atoms with van der Waals surface area (Å²) < 4.78 is 6.37. The number of nitro benzene ring substituents is 1. The van der Waals surface area contributed by atoms with E-state index in [4.69, 9.17) is 4.42 Å². The Labute approximate surface area is 139 Å². The number of furan rings is 1. The summed E-state index contributed by atoms with van der Waals surface area (Å²) in [7, 11) is 0. The Kier molecular flexibility index (Phi) is 3.87. The molecule has 116 valence electrons. The number of carbonyl (C=O) groups excluding carboxylic acids is 1. The Bertz CT molecular complexity index is 933. The number of halogens is 1. The molecule has 0 saturated carbocycles. The molecule has 6 nitrogen and oxygen atoms in total. The van der Waals surface area contributed by atoms with Crippen molar-refractivity contribution < 1.29 is 14.1 Å². The summed E-state index contributed by atoms with van der Waals surface area (Å²) >= 11 is 3.35. The zero-order valence-electron chi connectivity index (χ0n) is 12.0. The number of nitrogens with one attached hydrogen (secondary N) is 1. The Morgan fingerprint density at radius 2 is 2.00 bits per heavy atom. The number of carbonyl (C=O) groups is 1. The van der Waals surface area contributed by atoms with Gasteiger partial charge in [-0.15, -0.1) is 0 Å². The van der Waals surface area contributed by atoms with Gasteiger partial charge in [-0.25, -0.2) is 0 Å². The van der Waals surface area contributed by atoms with Crippen LogP contribution in [0.25, 0.3) is 11.0 Å². The Balaban J connectivity index is 1.88. The van der Waals surface area contributed by atoms with Gasteiger partial charge in [-0.3, -0.25) is 14.9 Å². The number of hydrogen-bond donors (Lipinski definition) is 1. The van der Waals surface area contributed by atoms with Crippen LogP contribution >= 0.6 is 15.9 Å². The third-order valence-corrected chi connectivity index (χ3v) is 3.86. The van der Waals surface area contributed by atoms with Crippen molar-refractivity contribution in [3.8, 4) is 0 Å². The fraction of sp³-hybridized carbons (Fsp3) is 0.0625. The van der Waals surface area contributed by atoms with Crippen LogP contribution in [0.4, 0.5) is 11.4 Å². The molecule has 0 unspecified atom stereocenters. The van der Waals surface area contributed by atoms with Gasteiger partial charge in [0.05, 0.1) is 4.92 Å². The van der Waals surface area contributed by atoms with Crippen molar-refractivity contribution in [1.82, 2.24) is 0 Å². The summed E-state index contributed by atoms with van der Waals surface area (Å²) in [4.78, 5) is 22.7. The fourth-order valence-corrected chi connectivity index (χ4v) is 2.58. The van der Waals surface area contributed by atoms with Crippen LogP contribution in [0.15, 0.2) is 51.4 Å². The van der Waals surface area contributed by atoms with Crippen molar-refractivity contribution in [3.05, 3.63) is 68.4 Å². The number of rotatable bonds is 3. The lowest BCUT2D eigenvalue weighted by molar-refractivity contribution is -0.385. The van der Waals surface area contributed by atoms with Gasteiger partial charge in [0.15, 0.2) is 5.76 Å². The molecule has 1 aromatic heterocycles. The molecule has 0 radical (unpaired) electrons. The van der Waals surface area contributed by atoms with Crippen LogP contribution in [0.1, 0.15) is 16.1 Å². The number of nitro groups is 1. The standard InChI is InChI=1S/C16H11BrN2O4/c1-9-2-4-12(8-13(9)19(21)22)18-16(20)15-7-10-6-11(17)3-5-14(10)23-15/h2-8H,1H3,(H,18,20). The summed E-state index contributed by atoms with van der Waals surface area (Å²) in [6.07, 6.45) is 0. The van der Waals surface area contributed by atoms with Crippen LogP contribution in [0, 0.1) is 17.0 Å². The van der Waals surface area contributed by atoms with Crippen LogP contribution in [0.3, 0.4) is 0 Å². The SMILES string of the molecule is Cc1ccc(NC(=O)c2cc3cc(Br)ccc3o2)cc1[N+](=O)[O-]. The number of amides is 1. The second kappa shape index (κ2) is 5.85. The minimum absolute atomic E-state index is 0.0451. The summed E-state index contributed by atoms with van der Waals surface area (Å²) in [6, 6.07) is 11.6. The summed E-state index contributed by atoms with van der Waals surface area (Å²) in [5.41, 5.74) is 1.42. The smallest absolute Gasteiger partial charge is 0.291 e. The molecule has 3 aromatic rings. The predicted molar refractivity (Wildman–Crippen MR) is 89.7 cm³/mol. The van der Waals surface area contributed by atoms with Crippen molar-refractivity contribution in [3.63, 3.8) is 0 Å². The highest BCUT2D eigenvalue weighted by atomic mass is 79.9. The minimum atomic E-state index is -0.482. The van der Waals surface area contributed by atoms with E-state index in [1.807, 2.05) is 12.1 Å². The average molecular weight is 375 g/mol. The largest absolute Gasteiger partial charge is 0.451 e. The highest BCUT2D eigenvalue weighted by Crippen LogP contribution is 2.25. The Morgan fingerprint density at radius 3 is 2.74 bits per heavy atom. The van der Waals surface area contributed by atoms with Crippen molar-refractivity contribution in [1.29, 1.82) is 0 Å². The van der Waals surface area contributed by atoms with E-state index >= 15 is 0 Å². The Hall–Kier alpha value is -2.67. The van der Waals surface area contributed by atoms with Gasteiger partial charge in [0, 0.05) is 27.2 Å². The maximum atomic E-state index is 12.2. The second-order valence-electron chi connectivity index (χ2n) is 5.01. The first-order chi connectivity index (χ1) is 10.9. The molecule has 3 rings (SSSR count). The number of nitrogens with zero attached hydrogens (tertiary/aromatic N) is 1. The molecule has 1 amide bonds. The van der Waals surface area contributed by atoms with Gasteiger partial charge in [0.25, 0.3) is 11.6 Å². The summed E-state index contributed by atoms with van der Waals surface area (Å²) in [6.45, 7) is 1.64. The Morgan fingerprint density at radius 1 is 1.22 bits per heavy atom. The summed E-state index contributed by atoms with van der Waals surface area (Å²) in [5.74, 6) is -0.322. The number of benzene rings is 2. The molecule has 1 heterocycles. The topological polar surface area (TPSA) is 85.4 Å². The molecule has 0 aliphatic rings. The van der Waals surface area contributed by atoms with E-state index in [0.717, 1.165) is 9.86 Å². The minimum Gasteiger partial charge on any atom is -0.451 e. The molecule has 0 saturated heterocycles. The van der Waals surface area contributed by atoms with Gasteiger partial charge >= 0.3 is 0 Å². The quantitative estimate of drug-likeness (QED) is 0.533. The predicted octanol–water partition coefficient (Wildman–Crippen LogP) is 4.66. The molecule has 0 fully saturated rings. The van der Waals surface area contributed by atoms with Crippen LogP contribution in [-0.2, 0) is 0 Å². The second-order valence-corrected chi connectivity index (χ2v) is 5.92. The van der Waals surface area contributed by atoms with Gasteiger partial charge in [0.1, 0.15) is 5.58 Å². The lowest BCUT2D eigenvalue weighted by Crippen LogP contribution is -2.11. The van der Waals surface area contributed by atoms with E-state index in [-0.39, 0.29) is 11.4 Å². The highest BCUT2D eigenvalue weighted by Gasteiger charge is 2.16. The zero-order chi connectivity index (χ0) is 16.6. The van der Waals surface area contributed by atoms with Crippen LogP contribution < -0.4 is 5.32 Å². The van der Waals surface area contributed by atoms with E-state index in [1.165, 1.54) is 6.07 Å². The highest BCUT2D eigenvalue weighted by molar-refractivity contribution is 9.10. The normalized spacial score (nSPS) is 10.7. The number of hydrogen-bond acceptors (Lipinski definition) is 4. The molecule has 0 spiro atoms. The van der Waals surface area contributed by atoms with Crippen molar-refractivity contribution in [2.24, 2.45) is 0 Å². The van der Waals surface area contributed by atoms with Gasteiger partial charge in [-0.1, -0.05) is 22.0 Å². The zero-order valence-corrected chi connectivity index (χ0v) is 13.6. The van der Waals surface area contributed by atoms with E-state index in [1.54, 1.807) is 31.2 Å². The average Bonchev–Trinajstić information content (AvgIpc) is 2.92. The number of aryl methyl sites for hydroxylation is 1. The van der Waals surface area contributed by atoms with E-state index < -0.39 is 10.8 Å². The monoisotopic (exact) mass is 374 g/mol. The van der Waals surface area contributed by atoms with Gasteiger partial charge in [-0.2, -0.15) is 0 Å². The van der Waals surface area contributed by atoms with E-state index in [9.17, 15) is 14.9 Å². The van der Waals surface area contributed by atoms with Crippen LogP contribution in [-0.4, -0.2) is 10.8 Å². The number of fused-ring (bicyclic) bond motifs is 1. The molecule has 0 aliphatic carbocycles. The number of anilines is 1. The first kappa shape index (κ1) is 15.2. The van der Waals surface area contributed by atoms with Crippen molar-refractivity contribution in [2.45, 2.75) is 6.92 Å². The first-order valence-electron chi connectivity index (χ1n) is 6.69. The third-order valence-electron chi connectivity index (χ3n) is 3.37. The van der Waals surface area contributed by atoms with Gasteiger partial charge in [-0.05, 0) is 37.3 Å². The van der Waals surface area contributed by atoms with Gasteiger partial charge in [0.2, 0.25) is 0 Å². The molecule has 0 bridgehead atoms. The fourth-order valence-electron chi connectivity index (χ4n) is 2.20. The van der Waals surface area contributed by atoms with Crippen molar-refractivity contribution in [2.75, 3.05) is 5.32 Å². The maximum absolute atomic E-state index is 12.2. The molecular weight excluding hydrogens is 364 g/mol. The molecule has 0 atom stereocenters. The molecular formula is C16H11BrN2O4. The van der Waals surface area contributed by atoms with Crippen LogP contribution in [0.5, 0.6) is 0 Å². The van der Waals surface area contributed by atoms with Crippen molar-refractivity contribution >= 4 is 44.2 Å². The maximum Gasteiger partial charge on any atom is 0.291 e. The lowest BCUT2D eigenvalue weighted by atomic mass is 10.2. The lowest BCUT2D eigenvalue weighted by Gasteiger charge is -2.04. The summed E-state index contributed by atoms with van der Waals surface area (Å²) in [5, 5.41) is 14.3.